The van der Waals surface area contributed by atoms with Crippen molar-refractivity contribution in [1.82, 2.24) is 0 Å². The van der Waals surface area contributed by atoms with E-state index in [4.69, 9.17) is 0 Å². The van der Waals surface area contributed by atoms with E-state index in [2.05, 4.69) is 110 Å². The molecule has 190 valence electrons. The maximum absolute atomic E-state index is 9.62. The van der Waals surface area contributed by atoms with Crippen LogP contribution < -0.4 is 4.90 Å². The average Bonchev–Trinajstić information content (AvgIpc) is 3.19. The summed E-state index contributed by atoms with van der Waals surface area (Å²) in [5.74, 6) is 0. The van der Waals surface area contributed by atoms with Crippen LogP contribution >= 0.6 is 12.4 Å². The van der Waals surface area contributed by atoms with Crippen molar-refractivity contribution in [3.63, 3.8) is 0 Å². The minimum atomic E-state index is -0.115. The number of para-hydroxylation sites is 2. The Hall–Kier alpha value is -2.92. The van der Waals surface area contributed by atoms with E-state index in [1.165, 1.54) is 33.9 Å². The number of allylic oxidation sites excluding steroid dienone is 8. The van der Waals surface area contributed by atoms with Crippen LogP contribution in [0.5, 0.6) is 0 Å². The smallest absolute Gasteiger partial charge is 0.209 e. The van der Waals surface area contributed by atoms with E-state index in [0.717, 1.165) is 0 Å². The summed E-state index contributed by atoms with van der Waals surface area (Å²) in [6.45, 7) is 10.3. The highest BCUT2D eigenvalue weighted by molar-refractivity contribution is 6.03. The Morgan fingerprint density at radius 3 is 2.14 bits per heavy atom. The number of benzene rings is 2. The van der Waals surface area contributed by atoms with Crippen LogP contribution in [0.3, 0.4) is 0 Å². The van der Waals surface area contributed by atoms with Gasteiger partial charge in [0.15, 0.2) is 12.3 Å². The van der Waals surface area contributed by atoms with Crippen LogP contribution in [-0.2, 0) is 10.8 Å². The van der Waals surface area contributed by atoms with Crippen molar-refractivity contribution in [1.29, 1.82) is 0 Å². The van der Waals surface area contributed by atoms with Crippen LogP contribution in [0.1, 0.15) is 38.8 Å². The molecule has 0 atom stereocenters. The second-order valence-electron chi connectivity index (χ2n) is 10.1. The lowest BCUT2D eigenvalue weighted by Gasteiger charge is -2.26. The van der Waals surface area contributed by atoms with Gasteiger partial charge in [0.05, 0.1) is 12.0 Å². The summed E-state index contributed by atoms with van der Waals surface area (Å²) in [4.78, 5) is 2.22. The molecular weight excluding hydrogens is 468 g/mol. The average molecular weight is 506 g/mol. The number of fused-ring (bicyclic) bond motifs is 2. The molecule has 0 aromatic heterocycles. The normalized spacial score (nSPS) is 19.1. The van der Waals surface area contributed by atoms with Crippen LogP contribution in [0, 0.1) is 0 Å². The largest absolute Gasteiger partial charge is 0.395 e. The first kappa shape index (κ1) is 27.7. The molecule has 0 saturated carbocycles. The molecule has 2 aromatic rings. The van der Waals surface area contributed by atoms with Gasteiger partial charge in [0.2, 0.25) is 5.69 Å². The number of anilines is 1. The van der Waals surface area contributed by atoms with Gasteiger partial charge >= 0.3 is 0 Å². The molecule has 2 aromatic carbocycles. The summed E-state index contributed by atoms with van der Waals surface area (Å²) in [5, 5.41) is 19.2. The molecular formula is C31H38ClN2O2+. The number of halogens is 1. The molecule has 36 heavy (non-hydrogen) atoms. The van der Waals surface area contributed by atoms with E-state index >= 15 is 0 Å². The van der Waals surface area contributed by atoms with Crippen LogP contribution in [0.15, 0.2) is 96.8 Å². The van der Waals surface area contributed by atoms with Gasteiger partial charge in [-0.1, -0.05) is 80.6 Å². The van der Waals surface area contributed by atoms with Crippen molar-refractivity contribution >= 4 is 29.5 Å². The molecule has 2 heterocycles. The Balaban J connectivity index is 0.00000361. The van der Waals surface area contributed by atoms with Gasteiger partial charge < -0.3 is 15.1 Å². The molecule has 0 amide bonds. The maximum atomic E-state index is 9.62. The highest BCUT2D eigenvalue weighted by Gasteiger charge is 2.43. The second kappa shape index (κ2) is 11.4. The van der Waals surface area contributed by atoms with Gasteiger partial charge in [-0.15, -0.1) is 12.4 Å². The molecule has 4 nitrogen and oxygen atoms in total. The van der Waals surface area contributed by atoms with Gasteiger partial charge in [-0.3, -0.25) is 0 Å². The summed E-state index contributed by atoms with van der Waals surface area (Å²) in [6.07, 6.45) is 14.5. The van der Waals surface area contributed by atoms with Crippen molar-refractivity contribution in [3.8, 4) is 0 Å². The van der Waals surface area contributed by atoms with Crippen LogP contribution in [0.2, 0.25) is 0 Å². The summed E-state index contributed by atoms with van der Waals surface area (Å²) in [6, 6.07) is 16.9. The van der Waals surface area contributed by atoms with Crippen molar-refractivity contribution in [3.05, 3.63) is 108 Å². The number of rotatable bonds is 8. The fraction of sp³-hybridized carbons (Fsp3) is 0.323. The minimum absolute atomic E-state index is 0. The lowest BCUT2D eigenvalue weighted by molar-refractivity contribution is -0.441. The van der Waals surface area contributed by atoms with Crippen molar-refractivity contribution in [2.45, 2.75) is 38.5 Å². The van der Waals surface area contributed by atoms with Gasteiger partial charge in [-0.05, 0) is 31.6 Å². The van der Waals surface area contributed by atoms with E-state index in [-0.39, 0.29) is 36.5 Å². The lowest BCUT2D eigenvalue weighted by atomic mass is 9.81. The molecule has 2 N–H and O–H groups in total. The molecule has 2 aliphatic rings. The summed E-state index contributed by atoms with van der Waals surface area (Å²) < 4.78 is 2.22. The monoisotopic (exact) mass is 505 g/mol. The van der Waals surface area contributed by atoms with E-state index in [1.54, 1.807) is 0 Å². The number of hydrogen-bond donors (Lipinski definition) is 2. The molecule has 0 aliphatic carbocycles. The Bertz CT molecular complexity index is 1230. The van der Waals surface area contributed by atoms with Crippen LogP contribution in [0.4, 0.5) is 11.4 Å². The Morgan fingerprint density at radius 1 is 0.778 bits per heavy atom. The van der Waals surface area contributed by atoms with Crippen molar-refractivity contribution in [2.75, 3.05) is 31.2 Å². The lowest BCUT2D eigenvalue weighted by Crippen LogP contribution is -2.28. The first-order valence-electron chi connectivity index (χ1n) is 12.4. The molecule has 0 spiro atoms. The fourth-order valence-corrected chi connectivity index (χ4v) is 5.45. The fourth-order valence-electron chi connectivity index (χ4n) is 5.45. The number of β-amino-alcohol motifs (C(OH)–C–C–N with tert-alkyl or cyclic N) is 2. The predicted molar refractivity (Wildman–Crippen MR) is 153 cm³/mol. The molecule has 4 rings (SSSR count). The molecule has 5 heteroatoms. The Morgan fingerprint density at radius 2 is 1.42 bits per heavy atom. The zero-order valence-corrected chi connectivity index (χ0v) is 22.5. The molecule has 2 aliphatic heterocycles. The minimum Gasteiger partial charge on any atom is -0.395 e. The third-order valence-corrected chi connectivity index (χ3v) is 7.20. The van der Waals surface area contributed by atoms with Crippen LogP contribution in [0.25, 0.3) is 0 Å². The number of nitrogens with zero attached hydrogens (tertiary/aromatic N) is 2. The number of aliphatic hydroxyl groups is 2. The highest BCUT2D eigenvalue weighted by atomic mass is 35.5. The summed E-state index contributed by atoms with van der Waals surface area (Å²) in [7, 11) is 0. The van der Waals surface area contributed by atoms with E-state index < -0.39 is 0 Å². The topological polar surface area (TPSA) is 46.7 Å². The number of aliphatic hydroxyl groups excluding tert-OH is 2. The molecule has 0 unspecified atom stereocenters. The second-order valence-corrected chi connectivity index (χ2v) is 10.1. The first-order chi connectivity index (χ1) is 16.8. The SMILES string of the molecule is CC1(C)C(/C=C/C=C/C=C/C=C2\N(CCO)c3ccccc3C2(C)C)=[N+](CCO)c2ccccc21.Cl. The van der Waals surface area contributed by atoms with Crippen LogP contribution in [-0.4, -0.2) is 46.8 Å². The third-order valence-electron chi connectivity index (χ3n) is 7.20. The summed E-state index contributed by atoms with van der Waals surface area (Å²) >= 11 is 0. The zero-order chi connectivity index (χ0) is 25.1. The van der Waals surface area contributed by atoms with Crippen molar-refractivity contribution in [2.24, 2.45) is 0 Å². The van der Waals surface area contributed by atoms with E-state index in [9.17, 15) is 10.2 Å². The highest BCUT2D eigenvalue weighted by Crippen LogP contribution is 2.47. The number of hydrogen-bond acceptors (Lipinski definition) is 3. The third kappa shape index (κ3) is 4.99. The molecule has 0 radical (unpaired) electrons. The first-order valence-corrected chi connectivity index (χ1v) is 12.4. The predicted octanol–water partition coefficient (Wildman–Crippen LogP) is 5.82. The standard InChI is InChI=1S/C31H37N2O2.ClH/c1-30(2)24-14-10-12-16-26(24)32(20-22-34)28(30)18-8-6-5-7-9-19-29-31(3,4)25-15-11-13-17-27(25)33(29)21-23-35;/h5-19,34-35H,20-23H2,1-4H3;1H/q+1;. The zero-order valence-electron chi connectivity index (χ0n) is 21.7. The van der Waals surface area contributed by atoms with Gasteiger partial charge in [-0.25, -0.2) is 0 Å². The quantitative estimate of drug-likeness (QED) is 0.351. The summed E-state index contributed by atoms with van der Waals surface area (Å²) in [5.41, 5.74) is 7.07. The van der Waals surface area contributed by atoms with Gasteiger partial charge in [0.25, 0.3) is 0 Å². The Kier molecular flexibility index (Phi) is 8.78. The van der Waals surface area contributed by atoms with Gasteiger partial charge in [0, 0.05) is 41.1 Å². The van der Waals surface area contributed by atoms with Gasteiger partial charge in [-0.2, -0.15) is 4.58 Å². The molecule has 0 fully saturated rings. The van der Waals surface area contributed by atoms with Gasteiger partial charge in [0.1, 0.15) is 6.61 Å². The molecule has 0 saturated heterocycles. The van der Waals surface area contributed by atoms with E-state index in [0.29, 0.717) is 13.1 Å². The molecule has 0 bridgehead atoms. The van der Waals surface area contributed by atoms with E-state index in [1.807, 2.05) is 18.2 Å². The Labute approximate surface area is 221 Å². The van der Waals surface area contributed by atoms with Crippen molar-refractivity contribution < 1.29 is 14.8 Å². The maximum Gasteiger partial charge on any atom is 0.209 e.